The van der Waals surface area contributed by atoms with Gasteiger partial charge in [-0.2, -0.15) is 0 Å². The van der Waals surface area contributed by atoms with Gasteiger partial charge in [-0.25, -0.2) is 9.97 Å². The van der Waals surface area contributed by atoms with Crippen LogP contribution in [0.25, 0.3) is 0 Å². The monoisotopic (exact) mass is 356 g/mol. The number of aryl methyl sites for hydroxylation is 3. The molecule has 2 aromatic heterocycles. The van der Waals surface area contributed by atoms with Crippen LogP contribution >= 0.6 is 0 Å². The molecule has 1 fully saturated rings. The van der Waals surface area contributed by atoms with Crippen LogP contribution in [0, 0.1) is 6.92 Å². The van der Waals surface area contributed by atoms with Crippen molar-refractivity contribution < 1.29 is 14.1 Å². The molecule has 2 aliphatic rings. The first-order chi connectivity index (χ1) is 12.7. The van der Waals surface area contributed by atoms with E-state index >= 15 is 0 Å². The Morgan fingerprint density at radius 2 is 2.19 bits per heavy atom. The van der Waals surface area contributed by atoms with Crippen molar-refractivity contribution in [2.45, 2.75) is 51.6 Å². The molecule has 0 bridgehead atoms. The molecule has 0 spiro atoms. The van der Waals surface area contributed by atoms with E-state index in [2.05, 4.69) is 15.1 Å². The zero-order chi connectivity index (χ0) is 17.9. The summed E-state index contributed by atoms with van der Waals surface area (Å²) in [5.41, 5.74) is 3.50. The molecule has 1 saturated heterocycles. The summed E-state index contributed by atoms with van der Waals surface area (Å²) in [6.45, 7) is 3.70. The molecule has 0 saturated carbocycles. The van der Waals surface area contributed by atoms with E-state index in [1.54, 1.807) is 6.33 Å². The molecule has 138 valence electrons. The van der Waals surface area contributed by atoms with E-state index in [1.807, 2.05) is 17.9 Å². The fraction of sp³-hybridized carbons (Fsp3) is 0.579. The van der Waals surface area contributed by atoms with Crippen LogP contribution in [0.3, 0.4) is 0 Å². The average molecular weight is 356 g/mol. The molecule has 0 aromatic carbocycles. The molecule has 7 nitrogen and oxygen atoms in total. The predicted molar refractivity (Wildman–Crippen MR) is 93.9 cm³/mol. The van der Waals surface area contributed by atoms with Gasteiger partial charge in [0.2, 0.25) is 0 Å². The van der Waals surface area contributed by atoms with Gasteiger partial charge in [-0.15, -0.1) is 0 Å². The molecular formula is C19H24N4O3. The Morgan fingerprint density at radius 3 is 3.08 bits per heavy atom. The first-order valence-electron chi connectivity index (χ1n) is 9.36. The Morgan fingerprint density at radius 1 is 1.31 bits per heavy atom. The fourth-order valence-corrected chi connectivity index (χ4v) is 3.74. The number of amides is 1. The Labute approximate surface area is 152 Å². The zero-order valence-electron chi connectivity index (χ0n) is 15.1. The van der Waals surface area contributed by atoms with Crippen LogP contribution < -0.4 is 0 Å². The number of morpholine rings is 1. The van der Waals surface area contributed by atoms with Crippen molar-refractivity contribution in [2.24, 2.45) is 0 Å². The molecule has 0 radical (unpaired) electrons. The number of nitrogens with zero attached hydrogens (tertiary/aromatic N) is 4. The predicted octanol–water partition coefficient (Wildman–Crippen LogP) is 2.13. The van der Waals surface area contributed by atoms with Gasteiger partial charge in [-0.1, -0.05) is 5.16 Å². The maximum atomic E-state index is 12.9. The molecular weight excluding hydrogens is 332 g/mol. The largest absolute Gasteiger partial charge is 0.375 e. The quantitative estimate of drug-likeness (QED) is 0.835. The standard InChI is InChI=1S/C19H24N4O3/c1-13-10-14(21-12-20-13)6-7-15-11-23(8-9-25-15)19(24)18-16-4-2-3-5-17(16)26-22-18/h10,12,15H,2-9,11H2,1H3/t15-/m0/s1. The smallest absolute Gasteiger partial charge is 0.276 e. The lowest BCUT2D eigenvalue weighted by Crippen LogP contribution is -2.46. The maximum Gasteiger partial charge on any atom is 0.276 e. The number of hydrogen-bond acceptors (Lipinski definition) is 6. The van der Waals surface area contributed by atoms with Crippen molar-refractivity contribution in [3.8, 4) is 0 Å². The minimum Gasteiger partial charge on any atom is -0.375 e. The molecule has 2 aromatic rings. The van der Waals surface area contributed by atoms with Crippen LogP contribution in [0.1, 0.15) is 52.5 Å². The lowest BCUT2D eigenvalue weighted by Gasteiger charge is -2.32. The first-order valence-corrected chi connectivity index (χ1v) is 9.36. The van der Waals surface area contributed by atoms with Gasteiger partial charge < -0.3 is 14.2 Å². The van der Waals surface area contributed by atoms with Crippen molar-refractivity contribution in [2.75, 3.05) is 19.7 Å². The Kier molecular flexibility index (Phi) is 4.97. The third-order valence-electron chi connectivity index (χ3n) is 5.16. The van der Waals surface area contributed by atoms with Crippen molar-refractivity contribution >= 4 is 5.91 Å². The van der Waals surface area contributed by atoms with Crippen LogP contribution in [-0.2, 0) is 24.0 Å². The molecule has 1 aliphatic carbocycles. The second-order valence-corrected chi connectivity index (χ2v) is 7.07. The van der Waals surface area contributed by atoms with Crippen molar-refractivity contribution in [1.82, 2.24) is 20.0 Å². The summed E-state index contributed by atoms with van der Waals surface area (Å²) < 4.78 is 11.3. The Balaban J connectivity index is 1.38. The number of carbonyl (C=O) groups is 1. The number of rotatable bonds is 4. The Bertz CT molecular complexity index is 789. The van der Waals surface area contributed by atoms with Crippen LogP contribution in [0.5, 0.6) is 0 Å². The molecule has 0 unspecified atom stereocenters. The van der Waals surface area contributed by atoms with E-state index in [4.69, 9.17) is 9.26 Å². The fourth-order valence-electron chi connectivity index (χ4n) is 3.74. The van der Waals surface area contributed by atoms with Crippen LogP contribution in [0.2, 0.25) is 0 Å². The third kappa shape index (κ3) is 3.62. The van der Waals surface area contributed by atoms with E-state index < -0.39 is 0 Å². The summed E-state index contributed by atoms with van der Waals surface area (Å²) in [6.07, 6.45) is 7.24. The van der Waals surface area contributed by atoms with Crippen molar-refractivity contribution in [3.63, 3.8) is 0 Å². The highest BCUT2D eigenvalue weighted by atomic mass is 16.5. The highest BCUT2D eigenvalue weighted by Gasteiger charge is 2.30. The molecule has 7 heteroatoms. The number of carbonyl (C=O) groups excluding carboxylic acids is 1. The summed E-state index contributed by atoms with van der Waals surface area (Å²) in [6, 6.07) is 1.99. The number of ether oxygens (including phenoxy) is 1. The molecule has 1 amide bonds. The van der Waals surface area contributed by atoms with Crippen LogP contribution in [-0.4, -0.2) is 51.7 Å². The van der Waals surface area contributed by atoms with E-state index in [9.17, 15) is 4.79 Å². The highest BCUT2D eigenvalue weighted by molar-refractivity contribution is 5.94. The van der Waals surface area contributed by atoms with Gasteiger partial charge in [0, 0.05) is 36.5 Å². The number of hydrogen-bond donors (Lipinski definition) is 0. The molecule has 26 heavy (non-hydrogen) atoms. The summed E-state index contributed by atoms with van der Waals surface area (Å²) in [7, 11) is 0. The van der Waals surface area contributed by atoms with Gasteiger partial charge in [0.15, 0.2) is 5.69 Å². The summed E-state index contributed by atoms with van der Waals surface area (Å²) in [5, 5.41) is 4.08. The molecule has 1 aliphatic heterocycles. The molecule has 4 rings (SSSR count). The summed E-state index contributed by atoms with van der Waals surface area (Å²) >= 11 is 0. The first kappa shape index (κ1) is 17.1. The number of fused-ring (bicyclic) bond motifs is 1. The van der Waals surface area contributed by atoms with E-state index in [-0.39, 0.29) is 12.0 Å². The van der Waals surface area contributed by atoms with E-state index in [1.165, 1.54) is 0 Å². The topological polar surface area (TPSA) is 81.4 Å². The second-order valence-electron chi connectivity index (χ2n) is 7.07. The molecule has 0 N–H and O–H groups in total. The minimum atomic E-state index is -0.0249. The van der Waals surface area contributed by atoms with Gasteiger partial charge >= 0.3 is 0 Å². The van der Waals surface area contributed by atoms with Gasteiger partial charge in [0.25, 0.3) is 5.91 Å². The SMILES string of the molecule is Cc1cc(CC[C@H]2CN(C(=O)c3noc4c3CCCC4)CCO2)ncn1. The molecule has 1 atom stereocenters. The zero-order valence-corrected chi connectivity index (χ0v) is 15.1. The second kappa shape index (κ2) is 7.53. The van der Waals surface area contributed by atoms with Crippen molar-refractivity contribution in [3.05, 3.63) is 40.8 Å². The highest BCUT2D eigenvalue weighted by Crippen LogP contribution is 2.25. The number of aromatic nitrogens is 3. The van der Waals surface area contributed by atoms with Crippen LogP contribution in [0.4, 0.5) is 0 Å². The van der Waals surface area contributed by atoms with Gasteiger partial charge in [0.1, 0.15) is 12.1 Å². The van der Waals surface area contributed by atoms with E-state index in [0.29, 0.717) is 25.4 Å². The van der Waals surface area contributed by atoms with Crippen molar-refractivity contribution in [1.29, 1.82) is 0 Å². The normalized spacial score (nSPS) is 20.0. The Hall–Kier alpha value is -2.28. The van der Waals surface area contributed by atoms with Gasteiger partial charge in [-0.3, -0.25) is 4.79 Å². The maximum absolute atomic E-state index is 12.9. The minimum absolute atomic E-state index is 0.0192. The lowest BCUT2D eigenvalue weighted by atomic mass is 9.96. The van der Waals surface area contributed by atoms with Gasteiger partial charge in [0.05, 0.1) is 12.7 Å². The lowest BCUT2D eigenvalue weighted by molar-refractivity contribution is -0.0250. The molecule has 3 heterocycles. The summed E-state index contributed by atoms with van der Waals surface area (Å²) in [4.78, 5) is 23.2. The average Bonchev–Trinajstić information content (AvgIpc) is 3.10. The van der Waals surface area contributed by atoms with E-state index in [0.717, 1.165) is 61.2 Å². The van der Waals surface area contributed by atoms with Gasteiger partial charge in [-0.05, 0) is 45.1 Å². The summed E-state index contributed by atoms with van der Waals surface area (Å²) in [5.74, 6) is 0.867. The third-order valence-corrected chi connectivity index (χ3v) is 5.16. The van der Waals surface area contributed by atoms with Crippen LogP contribution in [0.15, 0.2) is 16.9 Å².